The third kappa shape index (κ3) is 1.76. The maximum Gasteiger partial charge on any atom is 0.269 e. The van der Waals surface area contributed by atoms with Gasteiger partial charge in [0.05, 0.1) is 4.92 Å². The average molecular weight is 236 g/mol. The Labute approximate surface area is 99.4 Å². The first kappa shape index (κ1) is 11.9. The molecule has 1 aromatic rings. The van der Waals surface area contributed by atoms with E-state index < -0.39 is 4.92 Å². The molecule has 0 aliphatic heterocycles. The number of hydrogen-bond donors (Lipinski definition) is 2. The van der Waals surface area contributed by atoms with E-state index in [-0.39, 0.29) is 28.7 Å². The van der Waals surface area contributed by atoms with Gasteiger partial charge < -0.3 is 10.8 Å². The van der Waals surface area contributed by atoms with Crippen molar-refractivity contribution in [2.24, 2.45) is 17.1 Å². The fourth-order valence-electron chi connectivity index (χ4n) is 2.71. The molecule has 92 valence electrons. The minimum absolute atomic E-state index is 0.00144. The Morgan fingerprint density at radius 2 is 2.18 bits per heavy atom. The van der Waals surface area contributed by atoms with Crippen LogP contribution in [-0.2, 0) is 0 Å². The minimum atomic E-state index is -0.449. The second-order valence-electron chi connectivity index (χ2n) is 5.14. The molecular weight excluding hydrogens is 220 g/mol. The van der Waals surface area contributed by atoms with E-state index in [1.807, 2.05) is 0 Å². The molecule has 1 aromatic carbocycles. The predicted molar refractivity (Wildman–Crippen MR) is 63.8 cm³/mol. The molecule has 17 heavy (non-hydrogen) atoms. The highest BCUT2D eigenvalue weighted by molar-refractivity contribution is 5.48. The summed E-state index contributed by atoms with van der Waals surface area (Å²) >= 11 is 0. The molecule has 1 saturated carbocycles. The van der Waals surface area contributed by atoms with Gasteiger partial charge in [0, 0.05) is 17.7 Å². The monoisotopic (exact) mass is 236 g/mol. The Bertz CT molecular complexity index is 471. The van der Waals surface area contributed by atoms with Gasteiger partial charge in [0.1, 0.15) is 5.75 Å². The molecule has 1 aliphatic carbocycles. The van der Waals surface area contributed by atoms with E-state index in [2.05, 4.69) is 13.8 Å². The van der Waals surface area contributed by atoms with Crippen molar-refractivity contribution in [1.82, 2.24) is 0 Å². The van der Waals surface area contributed by atoms with E-state index in [4.69, 9.17) is 5.73 Å². The summed E-state index contributed by atoms with van der Waals surface area (Å²) in [5.41, 5.74) is 6.32. The summed E-state index contributed by atoms with van der Waals surface area (Å²) in [6.07, 6.45) is 0. The number of benzene rings is 1. The van der Waals surface area contributed by atoms with Gasteiger partial charge in [-0.15, -0.1) is 0 Å². The summed E-state index contributed by atoms with van der Waals surface area (Å²) in [6.45, 7) is 4.65. The Morgan fingerprint density at radius 3 is 2.65 bits per heavy atom. The summed E-state index contributed by atoms with van der Waals surface area (Å²) in [7, 11) is 0. The standard InChI is InChI=1S/C12H16N2O3/c1-12(2)9(6-13)11(12)8-5-7(14(16)17)3-4-10(8)15/h3-5,9,11,15H,6,13H2,1-2H3/t9-,11-/m1/s1. The molecule has 0 heterocycles. The van der Waals surface area contributed by atoms with Crippen LogP contribution in [0.3, 0.4) is 0 Å². The van der Waals surface area contributed by atoms with Crippen LogP contribution in [0, 0.1) is 21.4 Å². The Kier molecular flexibility index (Phi) is 2.58. The maximum atomic E-state index is 10.7. The van der Waals surface area contributed by atoms with Gasteiger partial charge in [-0.1, -0.05) is 13.8 Å². The molecule has 1 aliphatic rings. The zero-order chi connectivity index (χ0) is 12.8. The number of nitrogens with two attached hydrogens (primary N) is 1. The maximum absolute atomic E-state index is 10.7. The zero-order valence-electron chi connectivity index (χ0n) is 9.88. The van der Waals surface area contributed by atoms with Crippen molar-refractivity contribution in [3.8, 4) is 5.75 Å². The van der Waals surface area contributed by atoms with Gasteiger partial charge >= 0.3 is 0 Å². The van der Waals surface area contributed by atoms with Crippen molar-refractivity contribution in [3.05, 3.63) is 33.9 Å². The van der Waals surface area contributed by atoms with E-state index >= 15 is 0 Å². The normalized spacial score (nSPS) is 25.6. The summed E-state index contributed by atoms with van der Waals surface area (Å²) in [5.74, 6) is 0.493. The first-order valence-electron chi connectivity index (χ1n) is 5.57. The SMILES string of the molecule is CC1(C)[C@H](CN)[C@H]1c1cc([N+](=O)[O-])ccc1O. The number of aromatic hydroxyl groups is 1. The topological polar surface area (TPSA) is 89.4 Å². The number of nitro groups is 1. The lowest BCUT2D eigenvalue weighted by Gasteiger charge is -2.05. The molecule has 2 rings (SSSR count). The lowest BCUT2D eigenvalue weighted by molar-refractivity contribution is -0.384. The fraction of sp³-hybridized carbons (Fsp3) is 0.500. The lowest BCUT2D eigenvalue weighted by atomic mass is 10.0. The smallest absolute Gasteiger partial charge is 0.269 e. The number of non-ortho nitro benzene ring substituents is 1. The van der Waals surface area contributed by atoms with Crippen LogP contribution in [0.15, 0.2) is 18.2 Å². The molecule has 0 saturated heterocycles. The van der Waals surface area contributed by atoms with Crippen LogP contribution in [0.1, 0.15) is 25.3 Å². The predicted octanol–water partition coefficient (Wildman–Crippen LogP) is 2.00. The Morgan fingerprint density at radius 1 is 1.53 bits per heavy atom. The third-order valence-electron chi connectivity index (χ3n) is 3.86. The van der Waals surface area contributed by atoms with Gasteiger partial charge in [0.25, 0.3) is 5.69 Å². The van der Waals surface area contributed by atoms with Gasteiger partial charge in [-0.25, -0.2) is 0 Å². The summed E-state index contributed by atoms with van der Waals surface area (Å²) in [6, 6.07) is 4.15. The van der Waals surface area contributed by atoms with Crippen molar-refractivity contribution >= 4 is 5.69 Å². The van der Waals surface area contributed by atoms with E-state index in [1.165, 1.54) is 18.2 Å². The van der Waals surface area contributed by atoms with Gasteiger partial charge in [-0.3, -0.25) is 10.1 Å². The highest BCUT2D eigenvalue weighted by Crippen LogP contribution is 2.65. The minimum Gasteiger partial charge on any atom is -0.508 e. The highest BCUT2D eigenvalue weighted by atomic mass is 16.6. The molecule has 0 aromatic heterocycles. The van der Waals surface area contributed by atoms with E-state index in [0.717, 1.165) is 0 Å². The van der Waals surface area contributed by atoms with E-state index in [9.17, 15) is 15.2 Å². The number of nitrogens with zero attached hydrogens (tertiary/aromatic N) is 1. The van der Waals surface area contributed by atoms with Crippen LogP contribution in [0.25, 0.3) is 0 Å². The molecule has 2 atom stereocenters. The lowest BCUT2D eigenvalue weighted by Crippen LogP contribution is -2.05. The highest BCUT2D eigenvalue weighted by Gasteiger charge is 2.58. The van der Waals surface area contributed by atoms with Gasteiger partial charge in [0.15, 0.2) is 0 Å². The number of hydrogen-bond acceptors (Lipinski definition) is 4. The molecule has 0 bridgehead atoms. The largest absolute Gasteiger partial charge is 0.508 e. The Hall–Kier alpha value is -1.62. The molecule has 5 heteroatoms. The summed E-state index contributed by atoms with van der Waals surface area (Å²) in [4.78, 5) is 10.3. The molecule has 0 radical (unpaired) electrons. The van der Waals surface area contributed by atoms with Crippen molar-refractivity contribution in [3.63, 3.8) is 0 Å². The molecule has 1 fully saturated rings. The number of nitro benzene ring substituents is 1. The number of rotatable bonds is 3. The van der Waals surface area contributed by atoms with Crippen molar-refractivity contribution in [2.45, 2.75) is 19.8 Å². The van der Waals surface area contributed by atoms with Crippen molar-refractivity contribution < 1.29 is 10.0 Å². The van der Waals surface area contributed by atoms with Gasteiger partial charge in [0.2, 0.25) is 0 Å². The van der Waals surface area contributed by atoms with Gasteiger partial charge in [-0.05, 0) is 29.9 Å². The summed E-state index contributed by atoms with van der Waals surface area (Å²) in [5, 5.41) is 20.5. The van der Waals surface area contributed by atoms with Gasteiger partial charge in [-0.2, -0.15) is 0 Å². The van der Waals surface area contributed by atoms with Crippen molar-refractivity contribution in [1.29, 1.82) is 0 Å². The fourth-order valence-corrected chi connectivity index (χ4v) is 2.71. The number of phenols is 1. The zero-order valence-corrected chi connectivity index (χ0v) is 9.88. The van der Waals surface area contributed by atoms with Crippen LogP contribution in [0.2, 0.25) is 0 Å². The second kappa shape index (κ2) is 3.70. The molecule has 5 nitrogen and oxygen atoms in total. The van der Waals surface area contributed by atoms with Crippen LogP contribution >= 0.6 is 0 Å². The molecule has 0 amide bonds. The van der Waals surface area contributed by atoms with Crippen LogP contribution in [0.5, 0.6) is 5.75 Å². The van der Waals surface area contributed by atoms with Crippen LogP contribution in [-0.4, -0.2) is 16.6 Å². The van der Waals surface area contributed by atoms with Crippen LogP contribution in [0.4, 0.5) is 5.69 Å². The second-order valence-corrected chi connectivity index (χ2v) is 5.14. The quantitative estimate of drug-likeness (QED) is 0.620. The van der Waals surface area contributed by atoms with Crippen LogP contribution < -0.4 is 5.73 Å². The first-order chi connectivity index (χ1) is 7.89. The third-order valence-corrected chi connectivity index (χ3v) is 3.86. The molecule has 0 spiro atoms. The summed E-state index contributed by atoms with van der Waals surface area (Å²) < 4.78 is 0. The Balaban J connectivity index is 2.40. The number of phenolic OH excluding ortho intramolecular Hbond substituents is 1. The van der Waals surface area contributed by atoms with E-state index in [1.54, 1.807) is 0 Å². The van der Waals surface area contributed by atoms with Crippen molar-refractivity contribution in [2.75, 3.05) is 6.54 Å². The molecule has 3 N–H and O–H groups in total. The average Bonchev–Trinajstić information content (AvgIpc) is 2.80. The van der Waals surface area contributed by atoms with E-state index in [0.29, 0.717) is 12.1 Å². The first-order valence-corrected chi connectivity index (χ1v) is 5.57. The molecule has 0 unspecified atom stereocenters. The molecular formula is C12H16N2O3.